The Hall–Kier alpha value is -0.860. The third kappa shape index (κ3) is 3.42. The van der Waals surface area contributed by atoms with Crippen molar-refractivity contribution in [3.05, 3.63) is 34.9 Å². The van der Waals surface area contributed by atoms with Crippen LogP contribution in [-0.4, -0.2) is 25.8 Å². The molecular weight excluding hydrogens is 246 g/mol. The fraction of sp³-hybridized carbons (Fsp3) is 0.667. The van der Waals surface area contributed by atoms with Crippen LogP contribution in [0.25, 0.3) is 0 Å². The van der Waals surface area contributed by atoms with E-state index in [2.05, 4.69) is 30.4 Å². The van der Waals surface area contributed by atoms with E-state index in [1.807, 2.05) is 0 Å². The monoisotopic (exact) mass is 273 g/mol. The number of fused-ring (bicyclic) bond motifs is 1. The largest absolute Gasteiger partial charge is 0.381 e. The number of nitrogens with one attached hydrogen (secondary N) is 1. The summed E-state index contributed by atoms with van der Waals surface area (Å²) in [4.78, 5) is 0. The van der Waals surface area contributed by atoms with Crippen LogP contribution in [0.1, 0.15) is 42.9 Å². The zero-order valence-corrected chi connectivity index (χ0v) is 12.7. The number of rotatable bonds is 6. The average Bonchev–Trinajstić information content (AvgIpc) is 3.09. The lowest BCUT2D eigenvalue weighted by molar-refractivity contribution is 0.181. The second-order valence-corrected chi connectivity index (χ2v) is 6.38. The van der Waals surface area contributed by atoms with Crippen LogP contribution in [0, 0.1) is 5.92 Å². The summed E-state index contributed by atoms with van der Waals surface area (Å²) >= 11 is 0. The predicted octanol–water partition coefficient (Wildman–Crippen LogP) is 3.12. The third-order valence-corrected chi connectivity index (χ3v) is 4.78. The predicted molar refractivity (Wildman–Crippen MR) is 83.2 cm³/mol. The molecular formula is C18H27NO. The van der Waals surface area contributed by atoms with Gasteiger partial charge in [-0.25, -0.2) is 0 Å². The van der Waals surface area contributed by atoms with Gasteiger partial charge in [0, 0.05) is 19.3 Å². The first-order valence-corrected chi connectivity index (χ1v) is 8.27. The lowest BCUT2D eigenvalue weighted by atomic mass is 9.93. The van der Waals surface area contributed by atoms with Crippen LogP contribution in [0.4, 0.5) is 0 Å². The maximum Gasteiger partial charge on any atom is 0.0495 e. The second-order valence-electron chi connectivity index (χ2n) is 6.38. The summed E-state index contributed by atoms with van der Waals surface area (Å²) in [6.45, 7) is 5.19. The Bertz CT molecular complexity index is 437. The second kappa shape index (κ2) is 6.73. The van der Waals surface area contributed by atoms with Crippen LogP contribution >= 0.6 is 0 Å². The van der Waals surface area contributed by atoms with Crippen LogP contribution in [0.15, 0.2) is 18.2 Å². The van der Waals surface area contributed by atoms with E-state index in [4.69, 9.17) is 4.74 Å². The Labute approximate surface area is 122 Å². The molecule has 1 aromatic carbocycles. The van der Waals surface area contributed by atoms with Crippen LogP contribution in [0.2, 0.25) is 0 Å². The van der Waals surface area contributed by atoms with Crippen molar-refractivity contribution < 1.29 is 4.74 Å². The van der Waals surface area contributed by atoms with E-state index < -0.39 is 0 Å². The van der Waals surface area contributed by atoms with Crippen molar-refractivity contribution in [2.75, 3.05) is 19.8 Å². The molecule has 1 aliphatic carbocycles. The van der Waals surface area contributed by atoms with Gasteiger partial charge in [-0.05, 0) is 67.7 Å². The molecule has 20 heavy (non-hydrogen) atoms. The number of hydrogen-bond donors (Lipinski definition) is 1. The molecule has 0 bridgehead atoms. The number of benzene rings is 1. The summed E-state index contributed by atoms with van der Waals surface area (Å²) in [5, 5.41) is 3.67. The molecule has 1 aliphatic heterocycles. The molecule has 1 heterocycles. The van der Waals surface area contributed by atoms with E-state index in [0.717, 1.165) is 32.1 Å². The smallest absolute Gasteiger partial charge is 0.0495 e. The summed E-state index contributed by atoms with van der Waals surface area (Å²) in [5.41, 5.74) is 4.69. The summed E-state index contributed by atoms with van der Waals surface area (Å²) in [6.07, 6.45) is 7.57. The molecule has 2 heteroatoms. The van der Waals surface area contributed by atoms with Crippen LogP contribution < -0.4 is 5.32 Å². The number of hydrogen-bond acceptors (Lipinski definition) is 2. The SMILES string of the molecule is CCNC(Cc1ccc2c(c1)CCC2)CC1CCOC1. The Morgan fingerprint density at radius 3 is 3.00 bits per heavy atom. The Morgan fingerprint density at radius 2 is 2.20 bits per heavy atom. The molecule has 1 fully saturated rings. The van der Waals surface area contributed by atoms with Crippen molar-refractivity contribution in [3.63, 3.8) is 0 Å². The average molecular weight is 273 g/mol. The quantitative estimate of drug-likeness (QED) is 0.860. The van der Waals surface area contributed by atoms with Gasteiger partial charge in [-0.15, -0.1) is 0 Å². The summed E-state index contributed by atoms with van der Waals surface area (Å²) in [7, 11) is 0. The fourth-order valence-corrected chi connectivity index (χ4v) is 3.74. The van der Waals surface area contributed by atoms with Gasteiger partial charge in [0.05, 0.1) is 0 Å². The lowest BCUT2D eigenvalue weighted by Gasteiger charge is -2.21. The van der Waals surface area contributed by atoms with Crippen LogP contribution in [-0.2, 0) is 24.0 Å². The molecule has 1 saturated heterocycles. The molecule has 2 nitrogen and oxygen atoms in total. The number of aryl methyl sites for hydroxylation is 2. The van der Waals surface area contributed by atoms with Gasteiger partial charge in [-0.2, -0.15) is 0 Å². The Kier molecular flexibility index (Phi) is 4.74. The van der Waals surface area contributed by atoms with Crippen molar-refractivity contribution in [1.29, 1.82) is 0 Å². The minimum absolute atomic E-state index is 0.603. The third-order valence-electron chi connectivity index (χ3n) is 4.78. The summed E-state index contributed by atoms with van der Waals surface area (Å²) < 4.78 is 5.52. The molecule has 0 saturated carbocycles. The Balaban J connectivity index is 1.62. The highest BCUT2D eigenvalue weighted by atomic mass is 16.5. The van der Waals surface area contributed by atoms with Crippen LogP contribution in [0.5, 0.6) is 0 Å². The molecule has 0 aromatic heterocycles. The molecule has 2 aliphatic rings. The van der Waals surface area contributed by atoms with Crippen molar-refractivity contribution >= 4 is 0 Å². The van der Waals surface area contributed by atoms with Gasteiger partial charge >= 0.3 is 0 Å². The molecule has 2 atom stereocenters. The standard InChI is InChI=1S/C18H27NO/c1-2-19-18(12-15-8-9-20-13-15)11-14-6-7-16-4-3-5-17(16)10-14/h6-7,10,15,18-19H,2-5,8-9,11-13H2,1H3. The molecule has 1 aromatic rings. The van der Waals surface area contributed by atoms with Crippen molar-refractivity contribution in [2.24, 2.45) is 5.92 Å². The van der Waals surface area contributed by atoms with Gasteiger partial charge in [0.25, 0.3) is 0 Å². The van der Waals surface area contributed by atoms with Crippen molar-refractivity contribution in [3.8, 4) is 0 Å². The lowest BCUT2D eigenvalue weighted by Crippen LogP contribution is -2.33. The molecule has 0 spiro atoms. The molecule has 2 unspecified atom stereocenters. The van der Waals surface area contributed by atoms with E-state index in [0.29, 0.717) is 6.04 Å². The molecule has 3 rings (SSSR count). The van der Waals surface area contributed by atoms with Crippen molar-refractivity contribution in [2.45, 2.75) is 51.5 Å². The molecule has 110 valence electrons. The van der Waals surface area contributed by atoms with Gasteiger partial charge in [0.2, 0.25) is 0 Å². The fourth-order valence-electron chi connectivity index (χ4n) is 3.74. The van der Waals surface area contributed by atoms with Gasteiger partial charge in [-0.1, -0.05) is 25.1 Å². The molecule has 1 N–H and O–H groups in total. The maximum atomic E-state index is 5.52. The first-order chi connectivity index (χ1) is 9.85. The van der Waals surface area contributed by atoms with E-state index in [9.17, 15) is 0 Å². The van der Waals surface area contributed by atoms with Crippen LogP contribution in [0.3, 0.4) is 0 Å². The summed E-state index contributed by atoms with van der Waals surface area (Å²) in [6, 6.07) is 7.77. The van der Waals surface area contributed by atoms with E-state index >= 15 is 0 Å². The topological polar surface area (TPSA) is 21.3 Å². The highest BCUT2D eigenvalue weighted by Gasteiger charge is 2.21. The van der Waals surface area contributed by atoms with E-state index in [1.54, 1.807) is 11.1 Å². The van der Waals surface area contributed by atoms with E-state index in [1.165, 1.54) is 37.7 Å². The molecule has 0 radical (unpaired) electrons. The Morgan fingerprint density at radius 1 is 1.30 bits per heavy atom. The highest BCUT2D eigenvalue weighted by molar-refractivity contribution is 5.35. The highest BCUT2D eigenvalue weighted by Crippen LogP contribution is 2.25. The minimum Gasteiger partial charge on any atom is -0.381 e. The van der Waals surface area contributed by atoms with Gasteiger partial charge in [0.1, 0.15) is 0 Å². The summed E-state index contributed by atoms with van der Waals surface area (Å²) in [5.74, 6) is 0.758. The number of likely N-dealkylation sites (N-methyl/N-ethyl adjacent to an activating group) is 1. The minimum atomic E-state index is 0.603. The normalized spacial score (nSPS) is 22.9. The molecule has 0 amide bonds. The van der Waals surface area contributed by atoms with Gasteiger partial charge in [0.15, 0.2) is 0 Å². The maximum absolute atomic E-state index is 5.52. The zero-order valence-electron chi connectivity index (χ0n) is 12.7. The van der Waals surface area contributed by atoms with Crippen molar-refractivity contribution in [1.82, 2.24) is 5.32 Å². The first-order valence-electron chi connectivity index (χ1n) is 8.27. The number of ether oxygens (including phenoxy) is 1. The van der Waals surface area contributed by atoms with Gasteiger partial charge < -0.3 is 10.1 Å². The first kappa shape index (κ1) is 14.1. The van der Waals surface area contributed by atoms with Gasteiger partial charge in [-0.3, -0.25) is 0 Å². The van der Waals surface area contributed by atoms with E-state index in [-0.39, 0.29) is 0 Å². The zero-order chi connectivity index (χ0) is 13.8.